The Kier molecular flexibility index (Phi) is 6.02. The Hall–Kier alpha value is -3.03. The van der Waals surface area contributed by atoms with Gasteiger partial charge in [0.15, 0.2) is 28.8 Å². The van der Waals surface area contributed by atoms with E-state index in [0.29, 0.717) is 0 Å². The van der Waals surface area contributed by atoms with Crippen LogP contribution in [0.5, 0.6) is 0 Å². The Balaban J connectivity index is 1.66. The summed E-state index contributed by atoms with van der Waals surface area (Å²) in [4.78, 5) is 47.6. The van der Waals surface area contributed by atoms with Crippen molar-refractivity contribution in [1.82, 2.24) is 20.1 Å². The van der Waals surface area contributed by atoms with E-state index in [1.807, 2.05) is 0 Å². The average molecular weight is 457 g/mol. The Morgan fingerprint density at radius 3 is 2.74 bits per heavy atom. The van der Waals surface area contributed by atoms with Crippen molar-refractivity contribution in [2.75, 3.05) is 13.2 Å². The molecule has 31 heavy (non-hydrogen) atoms. The maximum absolute atomic E-state index is 12.9. The largest absolute Gasteiger partial charge is 0.548 e. The first-order chi connectivity index (χ1) is 14.5. The summed E-state index contributed by atoms with van der Waals surface area (Å²) in [6, 6.07) is -1.63. The number of carboxylic acid groups (broad SMARTS) is 1. The van der Waals surface area contributed by atoms with Gasteiger partial charge in [-0.1, -0.05) is 0 Å². The number of nitrogens with one attached hydrogen (secondary N) is 1. The summed E-state index contributed by atoms with van der Waals surface area (Å²) in [5.74, 6) is -3.07. The number of nitrogens with zero attached hydrogens (tertiary/aromatic N) is 4. The van der Waals surface area contributed by atoms with Crippen molar-refractivity contribution in [3.05, 3.63) is 12.4 Å². The van der Waals surface area contributed by atoms with Crippen molar-refractivity contribution in [1.29, 1.82) is 0 Å². The predicted molar refractivity (Wildman–Crippen MR) is 98.1 cm³/mol. The predicted octanol–water partition coefficient (Wildman–Crippen LogP) is -3.90. The number of amides is 2. The summed E-state index contributed by atoms with van der Waals surface area (Å²) in [6.45, 7) is 2.73. The van der Waals surface area contributed by atoms with E-state index < -0.39 is 49.8 Å². The second-order valence-corrected chi connectivity index (χ2v) is 10.1. The molecule has 2 saturated heterocycles. The molecule has 3 heterocycles. The Labute approximate surface area is 177 Å². The number of carbonyl (C=O) groups excluding carboxylic acids is 4. The van der Waals surface area contributed by atoms with Gasteiger partial charge in [-0.05, 0) is 13.8 Å². The van der Waals surface area contributed by atoms with Crippen molar-refractivity contribution < 1.29 is 42.1 Å². The molecule has 1 N–H and O–H groups in total. The molecule has 2 aliphatic heterocycles. The van der Waals surface area contributed by atoms with Crippen molar-refractivity contribution in [3.8, 4) is 0 Å². The Bertz CT molecular complexity index is 1020. The highest BCUT2D eigenvalue weighted by Crippen LogP contribution is 2.46. The Morgan fingerprint density at radius 2 is 2.13 bits per heavy atom. The van der Waals surface area contributed by atoms with Crippen molar-refractivity contribution in [3.63, 3.8) is 0 Å². The molecule has 2 aliphatic rings. The summed E-state index contributed by atoms with van der Waals surface area (Å²) in [5.41, 5.74) is 0. The van der Waals surface area contributed by atoms with Crippen LogP contribution in [0, 0.1) is 0 Å². The van der Waals surface area contributed by atoms with Gasteiger partial charge >= 0.3 is 5.97 Å². The van der Waals surface area contributed by atoms with Gasteiger partial charge in [0.1, 0.15) is 16.7 Å². The molecule has 1 aromatic heterocycles. The molecular formula is C17H23N5O8S. The molecule has 170 valence electrons. The highest BCUT2D eigenvalue weighted by atomic mass is 32.2. The monoisotopic (exact) mass is 457 g/mol. The lowest BCUT2D eigenvalue weighted by Gasteiger charge is -2.38. The summed E-state index contributed by atoms with van der Waals surface area (Å²) in [7, 11) is -4.00. The van der Waals surface area contributed by atoms with Gasteiger partial charge in [-0.3, -0.25) is 14.4 Å². The third-order valence-corrected chi connectivity index (χ3v) is 8.18. The van der Waals surface area contributed by atoms with Gasteiger partial charge in [0.2, 0.25) is 5.91 Å². The van der Waals surface area contributed by atoms with Crippen LogP contribution >= 0.6 is 0 Å². The first-order valence-corrected chi connectivity index (χ1v) is 11.2. The quantitative estimate of drug-likeness (QED) is 0.221. The number of sulfone groups is 1. The van der Waals surface area contributed by atoms with E-state index in [1.54, 1.807) is 6.92 Å². The second-order valence-electron chi connectivity index (χ2n) is 7.53. The lowest BCUT2D eigenvalue weighted by Crippen LogP contribution is -2.61. The van der Waals surface area contributed by atoms with Crippen LogP contribution in [0.1, 0.15) is 26.7 Å². The zero-order valence-corrected chi connectivity index (χ0v) is 17.8. The maximum Gasteiger partial charge on any atom is 0.307 e. The smallest absolute Gasteiger partial charge is 0.307 e. The van der Waals surface area contributed by atoms with Crippen LogP contribution in [-0.4, -0.2) is 76.3 Å². The van der Waals surface area contributed by atoms with Gasteiger partial charge < -0.3 is 24.9 Å². The number of fused-ring (bicyclic) bond motifs is 1. The van der Waals surface area contributed by atoms with Crippen LogP contribution in [0.3, 0.4) is 0 Å². The number of esters is 1. The maximum atomic E-state index is 12.9. The molecule has 1 aromatic rings. The lowest BCUT2D eigenvalue weighted by atomic mass is 9.96. The highest BCUT2D eigenvalue weighted by molar-refractivity contribution is 7.93. The van der Waals surface area contributed by atoms with Gasteiger partial charge in [0, 0.05) is 6.54 Å². The molecule has 0 radical (unpaired) electrons. The molecular weight excluding hydrogens is 434 g/mol. The second kappa shape index (κ2) is 8.24. The zero-order chi connectivity index (χ0) is 23.0. The van der Waals surface area contributed by atoms with Gasteiger partial charge in [-0.2, -0.15) is 0 Å². The number of carbonyl (C=O) groups is 4. The number of aromatic nitrogens is 3. The molecule has 2 fully saturated rings. The molecule has 0 unspecified atom stereocenters. The third-order valence-electron chi connectivity index (χ3n) is 5.41. The van der Waals surface area contributed by atoms with Gasteiger partial charge in [-0.15, -0.1) is 9.36 Å². The molecule has 2 amide bonds. The van der Waals surface area contributed by atoms with E-state index in [9.17, 15) is 32.7 Å². The number of carboxylic acids is 1. The van der Waals surface area contributed by atoms with Crippen molar-refractivity contribution >= 4 is 33.6 Å². The van der Waals surface area contributed by atoms with Gasteiger partial charge in [-0.25, -0.2) is 8.42 Å². The minimum Gasteiger partial charge on any atom is -0.548 e. The van der Waals surface area contributed by atoms with E-state index in [0.717, 1.165) is 4.90 Å². The van der Waals surface area contributed by atoms with E-state index in [-0.39, 0.29) is 39.1 Å². The van der Waals surface area contributed by atoms with Crippen molar-refractivity contribution in [2.24, 2.45) is 0 Å². The summed E-state index contributed by atoms with van der Waals surface area (Å²) in [6.07, 6.45) is 2.59. The van der Waals surface area contributed by atoms with Crippen LogP contribution in [0.25, 0.3) is 0 Å². The van der Waals surface area contributed by atoms with E-state index in [4.69, 9.17) is 4.74 Å². The fourth-order valence-corrected chi connectivity index (χ4v) is 6.22. The molecule has 0 aromatic carbocycles. The van der Waals surface area contributed by atoms with Crippen LogP contribution in [0.2, 0.25) is 0 Å². The molecule has 0 spiro atoms. The minimum atomic E-state index is -4.00. The summed E-state index contributed by atoms with van der Waals surface area (Å²) < 4.78 is 31.2. The normalized spacial score (nSPS) is 26.1. The van der Waals surface area contributed by atoms with E-state index >= 15 is 0 Å². The standard InChI is InChI=1S/C17H23N5O8S/c1-3-30-14(25)4-5-18-11(23)9-20-6-7-21(19-20)10-17(2)15(16(26)27)22-12(24)8-13(22)31(17,28)29/h6-7,13,15H,3-5,8-10H2,1-2H3,(H-,18,23,26,27)/t13-,15+,17+/m1/s1. The van der Waals surface area contributed by atoms with Crippen LogP contribution in [0.15, 0.2) is 12.4 Å². The lowest BCUT2D eigenvalue weighted by molar-refractivity contribution is -0.743. The highest BCUT2D eigenvalue weighted by Gasteiger charge is 2.69. The number of aliphatic carboxylic acids is 1. The zero-order valence-electron chi connectivity index (χ0n) is 17.0. The topological polar surface area (TPSA) is 172 Å². The average Bonchev–Trinajstić information content (AvgIpc) is 3.14. The number of β-lactam (4-membered cyclic amide) rings is 1. The van der Waals surface area contributed by atoms with Crippen LogP contribution in [-0.2, 0) is 46.8 Å². The molecule has 3 rings (SSSR count). The van der Waals surface area contributed by atoms with Crippen LogP contribution < -0.4 is 15.1 Å². The first-order valence-electron chi connectivity index (χ1n) is 9.62. The van der Waals surface area contributed by atoms with Gasteiger partial charge in [0.25, 0.3) is 5.91 Å². The molecule has 0 saturated carbocycles. The van der Waals surface area contributed by atoms with Crippen molar-refractivity contribution in [2.45, 2.75) is 55.9 Å². The molecule has 0 bridgehead atoms. The Morgan fingerprint density at radius 1 is 1.42 bits per heavy atom. The molecule has 0 aliphatic carbocycles. The summed E-state index contributed by atoms with van der Waals surface area (Å²) in [5, 5.41) is 17.1. The first kappa shape index (κ1) is 22.7. The van der Waals surface area contributed by atoms with E-state index in [1.165, 1.54) is 28.7 Å². The fraction of sp³-hybridized carbons (Fsp3) is 0.647. The number of ether oxygens (including phenoxy) is 1. The number of hydrogen-bond donors (Lipinski definition) is 1. The van der Waals surface area contributed by atoms with E-state index in [2.05, 4.69) is 10.5 Å². The fourth-order valence-electron chi connectivity index (χ4n) is 3.86. The molecule has 13 nitrogen and oxygen atoms in total. The van der Waals surface area contributed by atoms with Gasteiger partial charge in [0.05, 0.1) is 36.7 Å². The SMILES string of the molecule is CCOC(=O)CCNC(=O)C[n+]1ccn(C[C@@]2(C)[C@H](C(=O)[O-])N3C(=O)C[C@H]3S2(=O)=O)n1. The van der Waals surface area contributed by atoms with Crippen LogP contribution in [0.4, 0.5) is 0 Å². The number of rotatable bonds is 9. The summed E-state index contributed by atoms with van der Waals surface area (Å²) >= 11 is 0. The number of hydrogen-bond acceptors (Lipinski definition) is 9. The third kappa shape index (κ3) is 3.98. The minimum absolute atomic E-state index is 0.0237. The molecule has 3 atom stereocenters. The molecule has 14 heteroatoms.